The number of fused-ring (bicyclic) bond motifs is 1. The summed E-state index contributed by atoms with van der Waals surface area (Å²) in [5.41, 5.74) is 1.67. The molecule has 3 heterocycles. The van der Waals surface area contributed by atoms with E-state index in [1.807, 2.05) is 0 Å². The van der Waals surface area contributed by atoms with Crippen molar-refractivity contribution in [3.63, 3.8) is 0 Å². The number of nitrogens with zero attached hydrogens (tertiary/aromatic N) is 4. The highest BCUT2D eigenvalue weighted by Crippen LogP contribution is 2.43. The third-order valence-corrected chi connectivity index (χ3v) is 6.08. The monoisotopic (exact) mass is 384 g/mol. The summed E-state index contributed by atoms with van der Waals surface area (Å²) >= 11 is 0. The molecule has 28 heavy (non-hydrogen) atoms. The van der Waals surface area contributed by atoms with Crippen LogP contribution in [-0.4, -0.2) is 54.4 Å². The molecular weight excluding hydrogens is 363 g/mol. The van der Waals surface area contributed by atoms with Gasteiger partial charge in [-0.05, 0) is 30.7 Å². The van der Waals surface area contributed by atoms with Crippen LogP contribution < -0.4 is 9.64 Å². The summed E-state index contributed by atoms with van der Waals surface area (Å²) < 4.78 is 19.4. The van der Waals surface area contributed by atoms with Crippen LogP contribution in [0.3, 0.4) is 0 Å². The maximum atomic E-state index is 14.3. The van der Waals surface area contributed by atoms with Crippen LogP contribution in [0.5, 0.6) is 5.75 Å². The molecule has 2 aliphatic rings. The predicted molar refractivity (Wildman–Crippen MR) is 101 cm³/mol. The van der Waals surface area contributed by atoms with Crippen LogP contribution in [0.4, 0.5) is 14.9 Å². The van der Waals surface area contributed by atoms with E-state index in [1.54, 1.807) is 6.07 Å². The van der Waals surface area contributed by atoms with Crippen molar-refractivity contribution in [2.45, 2.75) is 19.3 Å². The number of hydrogen-bond donors (Lipinski definition) is 1. The molecule has 2 aliphatic heterocycles. The van der Waals surface area contributed by atoms with E-state index in [9.17, 15) is 19.6 Å². The van der Waals surface area contributed by atoms with Gasteiger partial charge in [-0.1, -0.05) is 0 Å². The van der Waals surface area contributed by atoms with Crippen molar-refractivity contribution >= 4 is 22.7 Å². The van der Waals surface area contributed by atoms with E-state index >= 15 is 0 Å². The number of carboxylic acid groups (broad SMARTS) is 1. The predicted octanol–water partition coefficient (Wildman–Crippen LogP) is 3.22. The highest BCUT2D eigenvalue weighted by atomic mass is 19.1. The zero-order valence-corrected chi connectivity index (χ0v) is 15.6. The molecule has 0 aliphatic carbocycles. The fraction of sp³-hybridized carbons (Fsp3) is 0.450. The molecule has 1 aromatic heterocycles. The van der Waals surface area contributed by atoms with Crippen molar-refractivity contribution < 1.29 is 19.0 Å². The van der Waals surface area contributed by atoms with Gasteiger partial charge in [0.2, 0.25) is 0 Å². The lowest BCUT2D eigenvalue weighted by Gasteiger charge is -2.40. The number of benzene rings is 1. The van der Waals surface area contributed by atoms with Gasteiger partial charge in [-0.25, -0.2) is 9.18 Å². The van der Waals surface area contributed by atoms with Crippen LogP contribution >= 0.6 is 0 Å². The molecule has 0 bridgehead atoms. The van der Waals surface area contributed by atoms with Crippen molar-refractivity contribution in [3.05, 3.63) is 29.7 Å². The SMILES string of the molecule is COc1cc2ncc(C#N)c(N3CCC4(CCN(C(=O)O)C4)CC3)c2cc1F. The first-order chi connectivity index (χ1) is 13.5. The van der Waals surface area contributed by atoms with Crippen molar-refractivity contribution in [1.29, 1.82) is 5.26 Å². The summed E-state index contributed by atoms with van der Waals surface area (Å²) in [7, 11) is 1.40. The molecule has 7 nitrogen and oxygen atoms in total. The number of nitriles is 1. The molecule has 8 heteroatoms. The number of pyridine rings is 1. The van der Waals surface area contributed by atoms with Gasteiger partial charge >= 0.3 is 6.09 Å². The van der Waals surface area contributed by atoms with E-state index in [1.165, 1.54) is 24.3 Å². The van der Waals surface area contributed by atoms with Crippen LogP contribution in [0.1, 0.15) is 24.8 Å². The molecule has 1 aromatic carbocycles. The zero-order chi connectivity index (χ0) is 19.9. The topological polar surface area (TPSA) is 89.7 Å². The Morgan fingerprint density at radius 1 is 1.32 bits per heavy atom. The van der Waals surface area contributed by atoms with Gasteiger partial charge in [0.05, 0.1) is 23.9 Å². The summed E-state index contributed by atoms with van der Waals surface area (Å²) in [6.45, 7) is 2.51. The highest BCUT2D eigenvalue weighted by Gasteiger charge is 2.42. The largest absolute Gasteiger partial charge is 0.494 e. The minimum absolute atomic E-state index is 0.000991. The Labute approximate surface area is 161 Å². The van der Waals surface area contributed by atoms with E-state index in [4.69, 9.17) is 4.74 Å². The number of aromatic nitrogens is 1. The standard InChI is InChI=1S/C20H21FN4O3/c1-28-17-9-16-14(8-15(17)21)18(13(10-22)11-23-16)24-5-2-20(3-6-24)4-7-25(12-20)19(26)27/h8-9,11H,2-7,12H2,1H3,(H,26,27). The molecule has 4 rings (SSSR count). The molecule has 0 unspecified atom stereocenters. The van der Waals surface area contributed by atoms with Crippen molar-refractivity contribution in [2.75, 3.05) is 38.2 Å². The second-order valence-electron chi connectivity index (χ2n) is 7.58. The number of likely N-dealkylation sites (tertiary alicyclic amines) is 1. The molecule has 2 aromatic rings. The molecule has 2 saturated heterocycles. The average molecular weight is 384 g/mol. The second kappa shape index (κ2) is 6.82. The van der Waals surface area contributed by atoms with E-state index < -0.39 is 11.9 Å². The van der Waals surface area contributed by atoms with Crippen molar-refractivity contribution in [1.82, 2.24) is 9.88 Å². The number of anilines is 1. The summed E-state index contributed by atoms with van der Waals surface area (Å²) in [6, 6.07) is 5.09. The molecule has 0 saturated carbocycles. The van der Waals surface area contributed by atoms with E-state index in [-0.39, 0.29) is 11.2 Å². The lowest BCUT2D eigenvalue weighted by molar-refractivity contribution is 0.144. The van der Waals surface area contributed by atoms with Gasteiger partial charge in [0, 0.05) is 43.8 Å². The Morgan fingerprint density at radius 2 is 2.04 bits per heavy atom. The Kier molecular flexibility index (Phi) is 4.46. The summed E-state index contributed by atoms with van der Waals surface area (Å²) in [6.07, 6.45) is 3.19. The molecule has 146 valence electrons. The third-order valence-electron chi connectivity index (χ3n) is 6.08. The molecule has 0 atom stereocenters. The van der Waals surface area contributed by atoms with Gasteiger partial charge < -0.3 is 19.6 Å². The van der Waals surface area contributed by atoms with Crippen LogP contribution in [-0.2, 0) is 0 Å². The number of carbonyl (C=O) groups is 1. The Bertz CT molecular complexity index is 980. The molecule has 0 radical (unpaired) electrons. The first-order valence-corrected chi connectivity index (χ1v) is 9.25. The first-order valence-electron chi connectivity index (χ1n) is 9.25. The number of rotatable bonds is 2. The Morgan fingerprint density at radius 3 is 2.64 bits per heavy atom. The first kappa shape index (κ1) is 18.3. The summed E-state index contributed by atoms with van der Waals surface area (Å²) in [5, 5.41) is 19.4. The second-order valence-corrected chi connectivity index (χ2v) is 7.58. The van der Waals surface area contributed by atoms with Gasteiger partial charge in [0.15, 0.2) is 11.6 Å². The summed E-state index contributed by atoms with van der Waals surface area (Å²) in [5.74, 6) is -0.373. The van der Waals surface area contributed by atoms with Crippen molar-refractivity contribution in [3.8, 4) is 11.8 Å². The van der Waals surface area contributed by atoms with Gasteiger partial charge in [0.1, 0.15) is 6.07 Å². The molecule has 1 amide bonds. The fourth-order valence-electron chi connectivity index (χ4n) is 4.47. The maximum absolute atomic E-state index is 14.3. The lowest BCUT2D eigenvalue weighted by atomic mass is 9.77. The number of piperidine rings is 1. The van der Waals surface area contributed by atoms with E-state index in [0.717, 1.165) is 19.3 Å². The van der Waals surface area contributed by atoms with Crippen LogP contribution in [0.15, 0.2) is 18.3 Å². The number of methoxy groups -OCH3 is 1. The van der Waals surface area contributed by atoms with Crippen LogP contribution in [0, 0.1) is 22.6 Å². The van der Waals surface area contributed by atoms with Crippen molar-refractivity contribution in [2.24, 2.45) is 5.41 Å². The number of halogens is 1. The van der Waals surface area contributed by atoms with E-state index in [0.29, 0.717) is 48.3 Å². The minimum atomic E-state index is -0.865. The Balaban J connectivity index is 1.66. The smallest absolute Gasteiger partial charge is 0.407 e. The van der Waals surface area contributed by atoms with Gasteiger partial charge in [0.25, 0.3) is 0 Å². The van der Waals surface area contributed by atoms with Crippen LogP contribution in [0.2, 0.25) is 0 Å². The maximum Gasteiger partial charge on any atom is 0.407 e. The molecule has 2 fully saturated rings. The normalized spacial score (nSPS) is 18.5. The number of ether oxygens (including phenoxy) is 1. The van der Waals surface area contributed by atoms with Gasteiger partial charge in [-0.2, -0.15) is 5.26 Å². The fourth-order valence-corrected chi connectivity index (χ4v) is 4.47. The summed E-state index contributed by atoms with van der Waals surface area (Å²) in [4.78, 5) is 19.1. The van der Waals surface area contributed by atoms with Gasteiger partial charge in [-0.3, -0.25) is 4.98 Å². The number of amides is 1. The molecular formula is C20H21FN4O3. The molecule has 1 spiro atoms. The zero-order valence-electron chi connectivity index (χ0n) is 15.6. The van der Waals surface area contributed by atoms with Crippen LogP contribution in [0.25, 0.3) is 10.9 Å². The van der Waals surface area contributed by atoms with Gasteiger partial charge in [-0.15, -0.1) is 0 Å². The quantitative estimate of drug-likeness (QED) is 0.855. The highest BCUT2D eigenvalue weighted by molar-refractivity contribution is 5.95. The minimum Gasteiger partial charge on any atom is -0.494 e. The molecule has 1 N–H and O–H groups in total. The number of hydrogen-bond acceptors (Lipinski definition) is 5. The third kappa shape index (κ3) is 2.97. The van der Waals surface area contributed by atoms with E-state index in [2.05, 4.69) is 16.0 Å². The Hall–Kier alpha value is -3.08. The lowest BCUT2D eigenvalue weighted by Crippen LogP contribution is -2.42. The average Bonchev–Trinajstić information content (AvgIpc) is 3.11.